The highest BCUT2D eigenvalue weighted by molar-refractivity contribution is 7.13. The van der Waals surface area contributed by atoms with Gasteiger partial charge in [0.1, 0.15) is 4.88 Å². The number of thiazole rings is 1. The normalized spacial score (nSPS) is 12.6. The zero-order valence-corrected chi connectivity index (χ0v) is 11.5. The summed E-state index contributed by atoms with van der Waals surface area (Å²) in [4.78, 5) is 15.6. The lowest BCUT2D eigenvalue weighted by Crippen LogP contribution is -2.06. The molecule has 0 saturated heterocycles. The predicted molar refractivity (Wildman–Crippen MR) is 69.5 cm³/mol. The van der Waals surface area contributed by atoms with Gasteiger partial charge in [-0.05, 0) is 6.92 Å². The molecule has 2 aromatic heterocycles. The molecule has 0 aliphatic carbocycles. The zero-order chi connectivity index (χ0) is 13.3. The second-order valence-electron chi connectivity index (χ2n) is 4.05. The number of carboxylic acid groups (broad SMARTS) is 1. The quantitative estimate of drug-likeness (QED) is 0.938. The summed E-state index contributed by atoms with van der Waals surface area (Å²) in [6.45, 7) is 4.32. The van der Waals surface area contributed by atoms with Gasteiger partial charge in [-0.25, -0.2) is 9.78 Å². The van der Waals surface area contributed by atoms with E-state index in [1.165, 1.54) is 11.3 Å². The van der Waals surface area contributed by atoms with Crippen LogP contribution < -0.4 is 0 Å². The molecule has 0 radical (unpaired) electrons. The van der Waals surface area contributed by atoms with Gasteiger partial charge < -0.3 is 5.11 Å². The molecule has 0 amide bonds. The van der Waals surface area contributed by atoms with Gasteiger partial charge in [0.05, 0.1) is 21.9 Å². The third-order valence-electron chi connectivity index (χ3n) is 2.49. The molecule has 5 nitrogen and oxygen atoms in total. The Balaban J connectivity index is 2.16. The summed E-state index contributed by atoms with van der Waals surface area (Å²) in [6.07, 6.45) is 3.31. The molecule has 0 spiro atoms. The molecular formula is C11H12ClN3O2S. The summed E-state index contributed by atoms with van der Waals surface area (Å²) in [5.74, 6) is -0.830. The van der Waals surface area contributed by atoms with Crippen LogP contribution in [0.4, 0.5) is 0 Å². The van der Waals surface area contributed by atoms with Crippen molar-refractivity contribution in [2.75, 3.05) is 0 Å². The van der Waals surface area contributed by atoms with Crippen LogP contribution in [0, 0.1) is 6.92 Å². The minimum Gasteiger partial charge on any atom is -0.477 e. The van der Waals surface area contributed by atoms with E-state index >= 15 is 0 Å². The largest absolute Gasteiger partial charge is 0.477 e. The van der Waals surface area contributed by atoms with Crippen molar-refractivity contribution >= 4 is 28.9 Å². The van der Waals surface area contributed by atoms with Gasteiger partial charge in [-0.3, -0.25) is 4.68 Å². The number of carboxylic acids is 1. The molecule has 0 unspecified atom stereocenters. The van der Waals surface area contributed by atoms with Gasteiger partial charge in [0.25, 0.3) is 0 Å². The summed E-state index contributed by atoms with van der Waals surface area (Å²) < 4.78 is 1.73. The molecule has 7 heteroatoms. The first-order valence-electron chi connectivity index (χ1n) is 5.36. The highest BCUT2D eigenvalue weighted by Crippen LogP contribution is 2.26. The number of hydrogen-bond acceptors (Lipinski definition) is 4. The van der Waals surface area contributed by atoms with Crippen LogP contribution in [0.3, 0.4) is 0 Å². The van der Waals surface area contributed by atoms with Crippen molar-refractivity contribution in [1.29, 1.82) is 0 Å². The van der Waals surface area contributed by atoms with E-state index in [4.69, 9.17) is 16.7 Å². The van der Waals surface area contributed by atoms with Gasteiger partial charge in [0.2, 0.25) is 0 Å². The van der Waals surface area contributed by atoms with E-state index in [0.717, 1.165) is 5.01 Å². The molecule has 0 aliphatic heterocycles. The zero-order valence-electron chi connectivity index (χ0n) is 9.92. The molecule has 18 heavy (non-hydrogen) atoms. The van der Waals surface area contributed by atoms with E-state index in [-0.39, 0.29) is 5.92 Å². The number of rotatable bonds is 4. The summed E-state index contributed by atoms with van der Waals surface area (Å²) in [7, 11) is 0. The van der Waals surface area contributed by atoms with Crippen LogP contribution in [-0.4, -0.2) is 25.8 Å². The van der Waals surface area contributed by atoms with Crippen molar-refractivity contribution in [1.82, 2.24) is 14.8 Å². The fraction of sp³-hybridized carbons (Fsp3) is 0.364. The Morgan fingerprint density at radius 1 is 1.67 bits per heavy atom. The second-order valence-corrected chi connectivity index (χ2v) is 5.52. The van der Waals surface area contributed by atoms with Gasteiger partial charge in [0, 0.05) is 18.7 Å². The van der Waals surface area contributed by atoms with Crippen molar-refractivity contribution in [2.45, 2.75) is 26.3 Å². The SMILES string of the molecule is Cc1nc([C@H](C)Cn2cc(Cl)cn2)sc1C(=O)O. The van der Waals surface area contributed by atoms with Crippen LogP contribution in [0.2, 0.25) is 5.02 Å². The lowest BCUT2D eigenvalue weighted by molar-refractivity contribution is 0.0701. The average molecular weight is 286 g/mol. The van der Waals surface area contributed by atoms with Crippen molar-refractivity contribution in [3.05, 3.63) is 33.0 Å². The first-order chi connectivity index (χ1) is 8.47. The highest BCUT2D eigenvalue weighted by atomic mass is 35.5. The third-order valence-corrected chi connectivity index (χ3v) is 4.06. The van der Waals surface area contributed by atoms with Crippen LogP contribution in [0.1, 0.15) is 33.2 Å². The Bertz CT molecular complexity index is 579. The Kier molecular flexibility index (Phi) is 3.68. The van der Waals surface area contributed by atoms with Gasteiger partial charge in [-0.1, -0.05) is 18.5 Å². The van der Waals surface area contributed by atoms with Crippen molar-refractivity contribution in [2.24, 2.45) is 0 Å². The fourth-order valence-electron chi connectivity index (χ4n) is 1.62. The first-order valence-corrected chi connectivity index (χ1v) is 6.55. The lowest BCUT2D eigenvalue weighted by Gasteiger charge is -2.07. The van der Waals surface area contributed by atoms with Crippen molar-refractivity contribution < 1.29 is 9.90 Å². The van der Waals surface area contributed by atoms with Gasteiger partial charge in [-0.15, -0.1) is 11.3 Å². The summed E-state index contributed by atoms with van der Waals surface area (Å²) in [6, 6.07) is 0. The van der Waals surface area contributed by atoms with E-state index in [1.807, 2.05) is 6.92 Å². The number of carbonyl (C=O) groups is 1. The second kappa shape index (κ2) is 5.07. The van der Waals surface area contributed by atoms with E-state index in [9.17, 15) is 4.79 Å². The monoisotopic (exact) mass is 285 g/mol. The predicted octanol–water partition coefficient (Wildman–Crippen LogP) is 2.80. The number of halogens is 1. The Morgan fingerprint density at radius 3 is 2.89 bits per heavy atom. The summed E-state index contributed by atoms with van der Waals surface area (Å²) in [5, 5.41) is 14.5. The number of aromatic nitrogens is 3. The Labute approximate surface area is 113 Å². The third kappa shape index (κ3) is 2.70. The van der Waals surface area contributed by atoms with Crippen LogP contribution in [0.25, 0.3) is 0 Å². The lowest BCUT2D eigenvalue weighted by atomic mass is 10.2. The van der Waals surface area contributed by atoms with Crippen LogP contribution >= 0.6 is 22.9 Å². The molecule has 96 valence electrons. The van der Waals surface area contributed by atoms with Crippen LogP contribution in [0.5, 0.6) is 0 Å². The molecule has 0 saturated carbocycles. The topological polar surface area (TPSA) is 68.0 Å². The van der Waals surface area contributed by atoms with Crippen LogP contribution in [0.15, 0.2) is 12.4 Å². The summed E-state index contributed by atoms with van der Waals surface area (Å²) >= 11 is 7.00. The van der Waals surface area contributed by atoms with E-state index in [1.54, 1.807) is 24.0 Å². The number of hydrogen-bond donors (Lipinski definition) is 1. The van der Waals surface area contributed by atoms with Gasteiger partial charge >= 0.3 is 5.97 Å². The van der Waals surface area contributed by atoms with E-state index in [0.29, 0.717) is 22.1 Å². The van der Waals surface area contributed by atoms with Gasteiger partial charge in [-0.2, -0.15) is 5.10 Å². The molecule has 1 atom stereocenters. The molecule has 2 rings (SSSR count). The van der Waals surface area contributed by atoms with Crippen molar-refractivity contribution in [3.63, 3.8) is 0 Å². The molecule has 1 N–H and O–H groups in total. The molecule has 0 fully saturated rings. The number of aryl methyl sites for hydroxylation is 1. The highest BCUT2D eigenvalue weighted by Gasteiger charge is 2.18. The maximum atomic E-state index is 11.0. The smallest absolute Gasteiger partial charge is 0.347 e. The average Bonchev–Trinajstić information content (AvgIpc) is 2.85. The Morgan fingerprint density at radius 2 is 2.39 bits per heavy atom. The van der Waals surface area contributed by atoms with Crippen molar-refractivity contribution in [3.8, 4) is 0 Å². The van der Waals surface area contributed by atoms with Crippen LogP contribution in [-0.2, 0) is 6.54 Å². The van der Waals surface area contributed by atoms with E-state index in [2.05, 4.69) is 10.1 Å². The summed E-state index contributed by atoms with van der Waals surface area (Å²) in [5.41, 5.74) is 0.563. The fourth-order valence-corrected chi connectivity index (χ4v) is 2.73. The molecule has 2 aromatic rings. The maximum Gasteiger partial charge on any atom is 0.347 e. The minimum atomic E-state index is -0.925. The standard InChI is InChI=1S/C11H12ClN3O2S/c1-6(4-15-5-8(12)3-13-15)10-14-7(2)9(18-10)11(16)17/h3,5-6H,4H2,1-2H3,(H,16,17)/t6-/m1/s1. The van der Waals surface area contributed by atoms with Gasteiger partial charge in [0.15, 0.2) is 0 Å². The molecular weight excluding hydrogens is 274 g/mol. The number of aromatic carboxylic acids is 1. The molecule has 2 heterocycles. The van der Waals surface area contributed by atoms with E-state index < -0.39 is 5.97 Å². The minimum absolute atomic E-state index is 0.0952. The molecule has 0 aliphatic rings. The molecule has 0 bridgehead atoms. The first kappa shape index (κ1) is 13.0. The maximum absolute atomic E-state index is 11.0. The Hall–Kier alpha value is -1.40. The number of nitrogens with zero attached hydrogens (tertiary/aromatic N) is 3. The molecule has 0 aromatic carbocycles.